The summed E-state index contributed by atoms with van der Waals surface area (Å²) in [5.74, 6) is 1.00. The Hall–Kier alpha value is -3.14. The molecule has 0 saturated heterocycles. The predicted molar refractivity (Wildman–Crippen MR) is 95.4 cm³/mol. The van der Waals surface area contributed by atoms with Crippen LogP contribution >= 0.6 is 11.3 Å². The first-order chi connectivity index (χ1) is 13.0. The predicted octanol–water partition coefficient (Wildman–Crippen LogP) is 4.62. The Labute approximate surface area is 155 Å². The Bertz CT molecular complexity index is 1090. The Morgan fingerprint density at radius 3 is 2.59 bits per heavy atom. The van der Waals surface area contributed by atoms with Gasteiger partial charge in [0.1, 0.15) is 23.0 Å². The smallest absolute Gasteiger partial charge is 0.435 e. The highest BCUT2D eigenvalue weighted by Gasteiger charge is 2.39. The van der Waals surface area contributed by atoms with E-state index in [9.17, 15) is 13.2 Å². The van der Waals surface area contributed by atoms with Gasteiger partial charge in [0.05, 0.1) is 19.5 Å². The first kappa shape index (κ1) is 17.3. The molecule has 4 aromatic rings. The lowest BCUT2D eigenvalue weighted by Gasteiger charge is -2.09. The third-order valence-electron chi connectivity index (χ3n) is 3.77. The molecule has 4 rings (SSSR count). The molecule has 3 heterocycles. The number of nitrogens with one attached hydrogen (secondary N) is 1. The minimum absolute atomic E-state index is 0.0757. The number of anilines is 2. The molecule has 0 radical (unpaired) electrons. The van der Waals surface area contributed by atoms with Gasteiger partial charge in [0.2, 0.25) is 0 Å². The van der Waals surface area contributed by atoms with Gasteiger partial charge in [-0.15, -0.1) is 11.3 Å². The van der Waals surface area contributed by atoms with Crippen molar-refractivity contribution in [2.45, 2.75) is 6.18 Å². The van der Waals surface area contributed by atoms with Crippen molar-refractivity contribution in [3.05, 3.63) is 53.9 Å². The normalized spacial score (nSPS) is 11.7. The van der Waals surface area contributed by atoms with Gasteiger partial charge in [-0.3, -0.25) is 9.38 Å². The lowest BCUT2D eigenvalue weighted by atomic mass is 10.2. The second kappa shape index (κ2) is 6.54. The van der Waals surface area contributed by atoms with Crippen molar-refractivity contribution in [3.63, 3.8) is 0 Å². The summed E-state index contributed by atoms with van der Waals surface area (Å²) in [5.41, 5.74) is -0.339. The first-order valence-electron chi connectivity index (χ1n) is 7.72. The maximum Gasteiger partial charge on any atom is 0.435 e. The summed E-state index contributed by atoms with van der Waals surface area (Å²) < 4.78 is 46.7. The van der Waals surface area contributed by atoms with E-state index in [1.807, 2.05) is 0 Å². The molecule has 0 aliphatic heterocycles. The van der Waals surface area contributed by atoms with Gasteiger partial charge in [0.15, 0.2) is 10.7 Å². The number of ether oxygens (including phenoxy) is 1. The molecule has 0 bridgehead atoms. The average Bonchev–Trinajstić information content (AvgIpc) is 3.23. The molecule has 10 heteroatoms. The minimum atomic E-state index is -4.60. The maximum absolute atomic E-state index is 13.4. The van der Waals surface area contributed by atoms with Gasteiger partial charge >= 0.3 is 6.18 Å². The number of fused-ring (bicyclic) bond motifs is 1. The van der Waals surface area contributed by atoms with E-state index in [0.29, 0.717) is 17.3 Å². The van der Waals surface area contributed by atoms with E-state index in [2.05, 4.69) is 20.3 Å². The monoisotopic (exact) mass is 391 g/mol. The Balaban J connectivity index is 1.74. The molecule has 0 unspecified atom stereocenters. The van der Waals surface area contributed by atoms with E-state index >= 15 is 0 Å². The molecule has 138 valence electrons. The van der Waals surface area contributed by atoms with Crippen LogP contribution in [0.5, 0.6) is 5.75 Å². The summed E-state index contributed by atoms with van der Waals surface area (Å²) in [5, 5.41) is 4.69. The van der Waals surface area contributed by atoms with Crippen LogP contribution in [0.4, 0.5) is 24.7 Å². The van der Waals surface area contributed by atoms with Gasteiger partial charge < -0.3 is 10.1 Å². The number of hydrogen-bond acceptors (Lipinski definition) is 6. The highest BCUT2D eigenvalue weighted by molar-refractivity contribution is 7.15. The van der Waals surface area contributed by atoms with Crippen molar-refractivity contribution in [3.8, 4) is 17.1 Å². The molecule has 0 atom stereocenters. The largest absolute Gasteiger partial charge is 0.497 e. The highest BCUT2D eigenvalue weighted by Crippen LogP contribution is 2.37. The molecule has 1 N–H and O–H groups in total. The third-order valence-corrected chi connectivity index (χ3v) is 4.53. The van der Waals surface area contributed by atoms with Crippen molar-refractivity contribution < 1.29 is 17.9 Å². The topological polar surface area (TPSA) is 64.3 Å². The molecule has 0 fully saturated rings. The Kier molecular flexibility index (Phi) is 4.19. The maximum atomic E-state index is 13.4. The fourth-order valence-electron chi connectivity index (χ4n) is 2.59. The highest BCUT2D eigenvalue weighted by atomic mass is 32.1. The van der Waals surface area contributed by atoms with Gasteiger partial charge in [0, 0.05) is 17.3 Å². The van der Waals surface area contributed by atoms with Crippen LogP contribution in [-0.4, -0.2) is 26.5 Å². The van der Waals surface area contributed by atoms with E-state index in [4.69, 9.17) is 4.74 Å². The van der Waals surface area contributed by atoms with Gasteiger partial charge in [-0.05, 0) is 24.3 Å². The standard InChI is InChI=1S/C17H12F3N5OS/c1-26-11-4-2-10(3-5-11)22-13-9-21-8-12(23-13)14-15(17(18,19)20)24-16-25(14)6-7-27-16/h2-9H,1H3,(H,22,23). The van der Waals surface area contributed by atoms with Crippen LogP contribution in [-0.2, 0) is 6.18 Å². The van der Waals surface area contributed by atoms with Crippen molar-refractivity contribution in [2.24, 2.45) is 0 Å². The van der Waals surface area contributed by atoms with Gasteiger partial charge in [0.25, 0.3) is 0 Å². The fourth-order valence-corrected chi connectivity index (χ4v) is 3.30. The van der Waals surface area contributed by atoms with E-state index < -0.39 is 11.9 Å². The van der Waals surface area contributed by atoms with Crippen LogP contribution in [0.3, 0.4) is 0 Å². The number of nitrogens with zero attached hydrogens (tertiary/aromatic N) is 4. The van der Waals surface area contributed by atoms with Crippen LogP contribution in [0.25, 0.3) is 16.3 Å². The zero-order valence-corrected chi connectivity index (χ0v) is 14.7. The molecular formula is C17H12F3N5OS. The van der Waals surface area contributed by atoms with Crippen molar-refractivity contribution in [2.75, 3.05) is 12.4 Å². The number of rotatable bonds is 4. The molecule has 0 spiro atoms. The summed E-state index contributed by atoms with van der Waals surface area (Å²) >= 11 is 1.12. The lowest BCUT2D eigenvalue weighted by Crippen LogP contribution is -2.09. The number of hydrogen-bond donors (Lipinski definition) is 1. The molecule has 1 aromatic carbocycles. The average molecular weight is 391 g/mol. The Morgan fingerprint density at radius 2 is 1.89 bits per heavy atom. The van der Waals surface area contributed by atoms with Crippen molar-refractivity contribution in [1.82, 2.24) is 19.4 Å². The number of halogens is 3. The van der Waals surface area contributed by atoms with Gasteiger partial charge in [-0.25, -0.2) is 9.97 Å². The second-order valence-corrected chi connectivity index (χ2v) is 6.38. The number of benzene rings is 1. The van der Waals surface area contributed by atoms with Crippen LogP contribution in [0, 0.1) is 0 Å². The summed E-state index contributed by atoms with van der Waals surface area (Å²) in [6.07, 6.45) is -0.340. The summed E-state index contributed by atoms with van der Waals surface area (Å²) in [6, 6.07) is 7.05. The molecular weight excluding hydrogens is 379 g/mol. The summed E-state index contributed by atoms with van der Waals surface area (Å²) in [7, 11) is 1.56. The van der Waals surface area contributed by atoms with Crippen molar-refractivity contribution in [1.29, 1.82) is 0 Å². The summed E-state index contributed by atoms with van der Waals surface area (Å²) in [4.78, 5) is 12.3. The first-order valence-corrected chi connectivity index (χ1v) is 8.60. The zero-order valence-electron chi connectivity index (χ0n) is 13.9. The summed E-state index contributed by atoms with van der Waals surface area (Å²) in [6.45, 7) is 0. The number of aromatic nitrogens is 4. The van der Waals surface area contributed by atoms with Gasteiger partial charge in [-0.1, -0.05) is 0 Å². The number of methoxy groups -OCH3 is 1. The number of thiazole rings is 1. The van der Waals surface area contributed by atoms with Crippen molar-refractivity contribution >= 4 is 27.8 Å². The van der Waals surface area contributed by atoms with Crippen LogP contribution in [0.2, 0.25) is 0 Å². The molecule has 3 aromatic heterocycles. The SMILES string of the molecule is COc1ccc(Nc2cncc(-c3c(C(F)(F)F)nc4sccn34)n2)cc1. The molecule has 27 heavy (non-hydrogen) atoms. The van der Waals surface area contributed by atoms with Gasteiger partial charge in [-0.2, -0.15) is 13.2 Å². The van der Waals surface area contributed by atoms with Crippen LogP contribution in [0.15, 0.2) is 48.2 Å². The molecule has 0 aliphatic rings. The third kappa shape index (κ3) is 3.31. The minimum Gasteiger partial charge on any atom is -0.497 e. The molecule has 6 nitrogen and oxygen atoms in total. The zero-order chi connectivity index (χ0) is 19.0. The second-order valence-electron chi connectivity index (χ2n) is 5.51. The molecule has 0 saturated carbocycles. The van der Waals surface area contributed by atoms with Crippen LogP contribution in [0.1, 0.15) is 5.69 Å². The molecule has 0 amide bonds. The lowest BCUT2D eigenvalue weighted by molar-refractivity contribution is -0.140. The van der Waals surface area contributed by atoms with E-state index in [1.54, 1.807) is 36.8 Å². The molecule has 0 aliphatic carbocycles. The van der Waals surface area contributed by atoms with E-state index in [1.165, 1.54) is 23.0 Å². The Morgan fingerprint density at radius 1 is 1.11 bits per heavy atom. The van der Waals surface area contributed by atoms with Crippen LogP contribution < -0.4 is 10.1 Å². The fraction of sp³-hybridized carbons (Fsp3) is 0.118. The number of imidazole rings is 1. The number of alkyl halides is 3. The van der Waals surface area contributed by atoms with E-state index in [-0.39, 0.29) is 16.3 Å². The quantitative estimate of drug-likeness (QED) is 0.550. The van der Waals surface area contributed by atoms with E-state index in [0.717, 1.165) is 11.3 Å².